The number of aliphatic hydroxyl groups is 1. The van der Waals surface area contributed by atoms with Crippen LogP contribution in [0.1, 0.15) is 18.1 Å². The summed E-state index contributed by atoms with van der Waals surface area (Å²) in [5.74, 6) is -1.27. The highest BCUT2D eigenvalue weighted by molar-refractivity contribution is 6.33. The first-order valence-electron chi connectivity index (χ1n) is 4.74. The lowest BCUT2D eigenvalue weighted by Crippen LogP contribution is -2.37. The molecule has 0 fully saturated rings. The standard InChI is InChI=1S/C11H14ClNO3/c1-6-3-7(4-8(12)9(6)13)5-11(2,16)10(14)15/h3-4,16H,5,13H2,1-2H3,(H,14,15). The van der Waals surface area contributed by atoms with Crippen LogP contribution in [0.3, 0.4) is 0 Å². The van der Waals surface area contributed by atoms with Gasteiger partial charge in [0.15, 0.2) is 5.60 Å². The maximum atomic E-state index is 10.8. The summed E-state index contributed by atoms with van der Waals surface area (Å²) in [6, 6.07) is 3.29. The smallest absolute Gasteiger partial charge is 0.335 e. The number of carbonyl (C=O) groups is 1. The molecule has 0 saturated heterocycles. The Balaban J connectivity index is 3.04. The summed E-state index contributed by atoms with van der Waals surface area (Å²) in [4.78, 5) is 10.8. The van der Waals surface area contributed by atoms with Gasteiger partial charge in [-0.25, -0.2) is 4.79 Å². The molecule has 16 heavy (non-hydrogen) atoms. The summed E-state index contributed by atoms with van der Waals surface area (Å²) in [5, 5.41) is 18.8. The van der Waals surface area contributed by atoms with Crippen LogP contribution in [0.15, 0.2) is 12.1 Å². The normalized spacial score (nSPS) is 14.5. The van der Waals surface area contributed by atoms with Crippen molar-refractivity contribution in [2.45, 2.75) is 25.9 Å². The highest BCUT2D eigenvalue weighted by Gasteiger charge is 2.30. The second-order valence-corrected chi connectivity index (χ2v) is 4.47. The first-order chi connectivity index (χ1) is 7.24. The van der Waals surface area contributed by atoms with Gasteiger partial charge in [0, 0.05) is 6.42 Å². The molecular weight excluding hydrogens is 230 g/mol. The van der Waals surface area contributed by atoms with Gasteiger partial charge in [-0.1, -0.05) is 17.7 Å². The zero-order valence-corrected chi connectivity index (χ0v) is 9.88. The third-order valence-corrected chi connectivity index (χ3v) is 2.72. The Kier molecular flexibility index (Phi) is 3.45. The highest BCUT2D eigenvalue weighted by Crippen LogP contribution is 2.26. The average molecular weight is 244 g/mol. The maximum absolute atomic E-state index is 10.8. The summed E-state index contributed by atoms with van der Waals surface area (Å²) in [7, 11) is 0. The summed E-state index contributed by atoms with van der Waals surface area (Å²) < 4.78 is 0. The number of rotatable bonds is 3. The van der Waals surface area contributed by atoms with Crippen molar-refractivity contribution in [3.63, 3.8) is 0 Å². The zero-order valence-electron chi connectivity index (χ0n) is 9.12. The predicted octanol–water partition coefficient (Wildman–Crippen LogP) is 1.61. The van der Waals surface area contributed by atoms with Gasteiger partial charge in [0.25, 0.3) is 0 Å². The van der Waals surface area contributed by atoms with E-state index in [2.05, 4.69) is 0 Å². The Morgan fingerprint density at radius 3 is 2.56 bits per heavy atom. The van der Waals surface area contributed by atoms with Crippen molar-refractivity contribution in [1.29, 1.82) is 0 Å². The minimum atomic E-state index is -1.80. The van der Waals surface area contributed by atoms with Crippen LogP contribution in [0.4, 0.5) is 5.69 Å². The van der Waals surface area contributed by atoms with E-state index >= 15 is 0 Å². The quantitative estimate of drug-likeness (QED) is 0.705. The van der Waals surface area contributed by atoms with Crippen LogP contribution in [0.2, 0.25) is 5.02 Å². The largest absolute Gasteiger partial charge is 0.479 e. The van der Waals surface area contributed by atoms with E-state index in [-0.39, 0.29) is 6.42 Å². The molecule has 4 nitrogen and oxygen atoms in total. The van der Waals surface area contributed by atoms with E-state index in [9.17, 15) is 9.90 Å². The monoisotopic (exact) mass is 243 g/mol. The number of anilines is 1. The van der Waals surface area contributed by atoms with Gasteiger partial charge < -0.3 is 15.9 Å². The van der Waals surface area contributed by atoms with Gasteiger partial charge in [-0.3, -0.25) is 0 Å². The van der Waals surface area contributed by atoms with Crippen molar-refractivity contribution < 1.29 is 15.0 Å². The molecule has 88 valence electrons. The second-order valence-electron chi connectivity index (χ2n) is 4.06. The molecule has 0 aromatic heterocycles. The molecule has 1 rings (SSSR count). The van der Waals surface area contributed by atoms with Gasteiger partial charge >= 0.3 is 5.97 Å². The van der Waals surface area contributed by atoms with Gasteiger partial charge in [0.2, 0.25) is 0 Å². The Bertz CT molecular complexity index is 406. The molecule has 0 aliphatic heterocycles. The van der Waals surface area contributed by atoms with Crippen LogP contribution in [0.5, 0.6) is 0 Å². The molecule has 0 radical (unpaired) electrons. The number of carboxylic acid groups (broad SMARTS) is 1. The van der Waals surface area contributed by atoms with Gasteiger partial charge in [0.1, 0.15) is 0 Å². The molecule has 0 heterocycles. The van der Waals surface area contributed by atoms with Crippen molar-refractivity contribution in [2.75, 3.05) is 5.73 Å². The van der Waals surface area contributed by atoms with Gasteiger partial charge in [-0.05, 0) is 31.0 Å². The highest BCUT2D eigenvalue weighted by atomic mass is 35.5. The second kappa shape index (κ2) is 4.31. The zero-order chi connectivity index (χ0) is 12.5. The van der Waals surface area contributed by atoms with E-state index in [1.54, 1.807) is 19.1 Å². The third-order valence-electron chi connectivity index (χ3n) is 2.41. The van der Waals surface area contributed by atoms with Crippen LogP contribution in [-0.2, 0) is 11.2 Å². The SMILES string of the molecule is Cc1cc(CC(C)(O)C(=O)O)cc(Cl)c1N. The number of carboxylic acids is 1. The van der Waals surface area contributed by atoms with E-state index < -0.39 is 11.6 Å². The molecule has 1 aromatic rings. The Labute approximate surface area is 98.6 Å². The fourth-order valence-electron chi connectivity index (χ4n) is 1.40. The van der Waals surface area contributed by atoms with Gasteiger partial charge in [0.05, 0.1) is 10.7 Å². The summed E-state index contributed by atoms with van der Waals surface area (Å²) >= 11 is 5.87. The lowest BCUT2D eigenvalue weighted by atomic mass is 9.95. The van der Waals surface area contributed by atoms with Crippen molar-refractivity contribution in [3.05, 3.63) is 28.3 Å². The molecule has 5 heteroatoms. The molecule has 0 bridgehead atoms. The topological polar surface area (TPSA) is 83.5 Å². The molecule has 0 spiro atoms. The molecule has 1 atom stereocenters. The lowest BCUT2D eigenvalue weighted by molar-refractivity contribution is -0.156. The number of aliphatic carboxylic acids is 1. The van der Waals surface area contributed by atoms with E-state index in [0.717, 1.165) is 5.56 Å². The van der Waals surface area contributed by atoms with Crippen LogP contribution in [0, 0.1) is 6.92 Å². The molecule has 4 N–H and O–H groups in total. The fraction of sp³-hybridized carbons (Fsp3) is 0.364. The summed E-state index contributed by atoms with van der Waals surface area (Å²) in [5.41, 5.74) is 5.75. The summed E-state index contributed by atoms with van der Waals surface area (Å²) in [6.45, 7) is 3.02. The molecular formula is C11H14ClNO3. The van der Waals surface area contributed by atoms with Crippen LogP contribution in [-0.4, -0.2) is 21.8 Å². The van der Waals surface area contributed by atoms with Crippen LogP contribution >= 0.6 is 11.6 Å². The molecule has 1 aromatic carbocycles. The fourth-order valence-corrected chi connectivity index (χ4v) is 1.69. The number of benzene rings is 1. The van der Waals surface area contributed by atoms with E-state index in [0.29, 0.717) is 16.3 Å². The number of hydrogen-bond donors (Lipinski definition) is 3. The Hall–Kier alpha value is -1.26. The van der Waals surface area contributed by atoms with Crippen LogP contribution < -0.4 is 5.73 Å². The van der Waals surface area contributed by atoms with Crippen molar-refractivity contribution >= 4 is 23.3 Å². The molecule has 1 unspecified atom stereocenters. The maximum Gasteiger partial charge on any atom is 0.335 e. The van der Waals surface area contributed by atoms with E-state index in [1.807, 2.05) is 0 Å². The van der Waals surface area contributed by atoms with Crippen molar-refractivity contribution in [2.24, 2.45) is 0 Å². The van der Waals surface area contributed by atoms with Gasteiger partial charge in [-0.2, -0.15) is 0 Å². The number of nitrogen functional groups attached to an aromatic ring is 1. The summed E-state index contributed by atoms with van der Waals surface area (Å²) in [6.07, 6.45) is -0.0107. The van der Waals surface area contributed by atoms with E-state index in [1.165, 1.54) is 6.92 Å². The molecule has 0 saturated carbocycles. The minimum absolute atomic E-state index is 0.0107. The lowest BCUT2D eigenvalue weighted by Gasteiger charge is -2.18. The number of halogens is 1. The minimum Gasteiger partial charge on any atom is -0.479 e. The first kappa shape index (κ1) is 12.8. The van der Waals surface area contributed by atoms with Crippen molar-refractivity contribution in [3.8, 4) is 0 Å². The first-order valence-corrected chi connectivity index (χ1v) is 5.12. The third kappa shape index (κ3) is 2.65. The number of aryl methyl sites for hydroxylation is 1. The Morgan fingerprint density at radius 1 is 1.56 bits per heavy atom. The number of hydrogen-bond acceptors (Lipinski definition) is 3. The van der Waals surface area contributed by atoms with Crippen molar-refractivity contribution in [1.82, 2.24) is 0 Å². The number of nitrogens with two attached hydrogens (primary N) is 1. The average Bonchev–Trinajstić information content (AvgIpc) is 2.13. The molecule has 0 aliphatic rings. The van der Waals surface area contributed by atoms with E-state index in [4.69, 9.17) is 22.4 Å². The molecule has 0 aliphatic carbocycles. The van der Waals surface area contributed by atoms with Gasteiger partial charge in [-0.15, -0.1) is 0 Å². The molecule has 0 amide bonds. The predicted molar refractivity (Wildman–Crippen MR) is 62.6 cm³/mol. The Morgan fingerprint density at radius 2 is 2.12 bits per heavy atom. The van der Waals surface area contributed by atoms with Crippen LogP contribution in [0.25, 0.3) is 0 Å².